The van der Waals surface area contributed by atoms with Crippen LogP contribution in [0.5, 0.6) is 0 Å². The van der Waals surface area contributed by atoms with Gasteiger partial charge >= 0.3 is 0 Å². The fourth-order valence-electron chi connectivity index (χ4n) is 3.09. The van der Waals surface area contributed by atoms with Crippen LogP contribution in [0.4, 0.5) is 5.69 Å². The first-order chi connectivity index (χ1) is 11.9. The van der Waals surface area contributed by atoms with E-state index in [1.165, 1.54) is 18.2 Å². The second-order valence-corrected chi connectivity index (χ2v) is 6.25. The number of benzene rings is 1. The van der Waals surface area contributed by atoms with Crippen LogP contribution in [0.15, 0.2) is 18.2 Å². The number of nitro benzene ring substituents is 1. The summed E-state index contributed by atoms with van der Waals surface area (Å²) in [5.74, 6) is -0.267. The zero-order valence-corrected chi connectivity index (χ0v) is 15.6. The number of nitro groups is 1. The van der Waals surface area contributed by atoms with E-state index in [0.29, 0.717) is 30.8 Å². The van der Waals surface area contributed by atoms with Crippen LogP contribution < -0.4 is 11.1 Å². The summed E-state index contributed by atoms with van der Waals surface area (Å²) in [6.45, 7) is 3.01. The second-order valence-electron chi connectivity index (χ2n) is 6.25. The Morgan fingerprint density at radius 1 is 1.38 bits per heavy atom. The van der Waals surface area contributed by atoms with Gasteiger partial charge in [0.2, 0.25) is 5.91 Å². The molecule has 1 aliphatic rings. The zero-order chi connectivity index (χ0) is 18.4. The SMILES string of the molecule is Cc1cc([N+](=O)[O-])ccc1C(=O)N1CCCCC1CNC(=O)CCN.Cl. The van der Waals surface area contributed by atoms with Crippen LogP contribution in [0.2, 0.25) is 0 Å². The number of nitrogens with one attached hydrogen (secondary N) is 1. The molecular formula is C17H25ClN4O4. The monoisotopic (exact) mass is 384 g/mol. The van der Waals surface area contributed by atoms with E-state index in [4.69, 9.17) is 5.73 Å². The van der Waals surface area contributed by atoms with E-state index in [1.54, 1.807) is 11.8 Å². The molecule has 2 amide bonds. The maximum atomic E-state index is 12.9. The van der Waals surface area contributed by atoms with Gasteiger partial charge in [-0.1, -0.05) is 0 Å². The fraction of sp³-hybridized carbons (Fsp3) is 0.529. The standard InChI is InChI=1S/C17H24N4O4.ClH/c1-12-10-13(21(24)25)5-6-15(12)17(23)20-9-3-2-4-14(20)11-19-16(22)7-8-18;/h5-6,10,14H,2-4,7-9,11,18H2,1H3,(H,19,22);1H. The van der Waals surface area contributed by atoms with Crippen LogP contribution in [0.1, 0.15) is 41.6 Å². The van der Waals surface area contributed by atoms with Crippen molar-refractivity contribution in [1.29, 1.82) is 0 Å². The first-order valence-corrected chi connectivity index (χ1v) is 8.46. The fourth-order valence-corrected chi connectivity index (χ4v) is 3.09. The van der Waals surface area contributed by atoms with E-state index >= 15 is 0 Å². The minimum absolute atomic E-state index is 0. The predicted octanol–water partition coefficient (Wildman–Crippen LogP) is 1.78. The highest BCUT2D eigenvalue weighted by atomic mass is 35.5. The van der Waals surface area contributed by atoms with Gasteiger partial charge < -0.3 is 16.0 Å². The van der Waals surface area contributed by atoms with Crippen molar-refractivity contribution in [1.82, 2.24) is 10.2 Å². The summed E-state index contributed by atoms with van der Waals surface area (Å²) in [5, 5.41) is 13.7. The molecule has 0 spiro atoms. The number of hydrogen-bond acceptors (Lipinski definition) is 5. The lowest BCUT2D eigenvalue weighted by Gasteiger charge is -2.36. The maximum absolute atomic E-state index is 12.9. The van der Waals surface area contributed by atoms with Gasteiger partial charge in [-0.15, -0.1) is 12.4 Å². The lowest BCUT2D eigenvalue weighted by atomic mass is 9.99. The van der Waals surface area contributed by atoms with Gasteiger partial charge in [0.1, 0.15) is 0 Å². The van der Waals surface area contributed by atoms with Crippen molar-refractivity contribution in [2.45, 2.75) is 38.6 Å². The summed E-state index contributed by atoms with van der Waals surface area (Å²) in [6, 6.07) is 4.20. The summed E-state index contributed by atoms with van der Waals surface area (Å²) in [7, 11) is 0. The van der Waals surface area contributed by atoms with Crippen molar-refractivity contribution in [3.8, 4) is 0 Å². The summed E-state index contributed by atoms with van der Waals surface area (Å²) in [6.07, 6.45) is 2.99. The van der Waals surface area contributed by atoms with Crippen LogP contribution in [0.25, 0.3) is 0 Å². The lowest BCUT2D eigenvalue weighted by molar-refractivity contribution is -0.384. The smallest absolute Gasteiger partial charge is 0.269 e. The Hall–Kier alpha value is -2.19. The van der Waals surface area contributed by atoms with Crippen molar-refractivity contribution in [3.63, 3.8) is 0 Å². The van der Waals surface area contributed by atoms with Crippen molar-refractivity contribution in [2.24, 2.45) is 5.73 Å². The van der Waals surface area contributed by atoms with Crippen LogP contribution >= 0.6 is 12.4 Å². The largest absolute Gasteiger partial charge is 0.354 e. The number of nitrogens with two attached hydrogens (primary N) is 1. The average Bonchev–Trinajstić information content (AvgIpc) is 2.59. The first kappa shape index (κ1) is 21.9. The normalized spacial score (nSPS) is 16.5. The topological polar surface area (TPSA) is 119 Å². The van der Waals surface area contributed by atoms with Crippen molar-refractivity contribution >= 4 is 29.9 Å². The molecule has 1 atom stereocenters. The minimum Gasteiger partial charge on any atom is -0.354 e. The molecule has 1 unspecified atom stereocenters. The van der Waals surface area contributed by atoms with E-state index < -0.39 is 4.92 Å². The van der Waals surface area contributed by atoms with Gasteiger partial charge in [0.05, 0.1) is 4.92 Å². The number of aryl methyl sites for hydroxylation is 1. The second kappa shape index (κ2) is 10.1. The highest BCUT2D eigenvalue weighted by Crippen LogP contribution is 2.23. The van der Waals surface area contributed by atoms with Gasteiger partial charge in [-0.25, -0.2) is 0 Å². The van der Waals surface area contributed by atoms with Gasteiger partial charge in [-0.05, 0) is 37.8 Å². The Bertz CT molecular complexity index is 668. The van der Waals surface area contributed by atoms with Gasteiger partial charge in [0, 0.05) is 49.8 Å². The molecular weight excluding hydrogens is 360 g/mol. The maximum Gasteiger partial charge on any atom is 0.269 e. The summed E-state index contributed by atoms with van der Waals surface area (Å²) < 4.78 is 0. The van der Waals surface area contributed by atoms with E-state index in [0.717, 1.165) is 19.3 Å². The molecule has 9 heteroatoms. The molecule has 1 aromatic carbocycles. The van der Waals surface area contributed by atoms with Crippen LogP contribution in [0, 0.1) is 17.0 Å². The number of carbonyl (C=O) groups excluding carboxylic acids is 2. The van der Waals surface area contributed by atoms with Gasteiger partial charge in [0.15, 0.2) is 0 Å². The molecule has 3 N–H and O–H groups in total. The third-order valence-corrected chi connectivity index (χ3v) is 4.45. The number of hydrogen-bond donors (Lipinski definition) is 2. The van der Waals surface area contributed by atoms with Crippen molar-refractivity contribution in [3.05, 3.63) is 39.4 Å². The summed E-state index contributed by atoms with van der Waals surface area (Å²) in [4.78, 5) is 36.7. The van der Waals surface area contributed by atoms with Gasteiger partial charge in [-0.3, -0.25) is 19.7 Å². The van der Waals surface area contributed by atoms with E-state index in [9.17, 15) is 19.7 Å². The molecule has 144 valence electrons. The van der Waals surface area contributed by atoms with E-state index in [-0.39, 0.29) is 42.4 Å². The minimum atomic E-state index is -0.474. The Kier molecular flexibility index (Phi) is 8.47. The Morgan fingerprint density at radius 3 is 2.73 bits per heavy atom. The lowest BCUT2D eigenvalue weighted by Crippen LogP contribution is -2.49. The average molecular weight is 385 g/mol. The molecule has 1 heterocycles. The van der Waals surface area contributed by atoms with Gasteiger partial charge in [-0.2, -0.15) is 0 Å². The molecule has 26 heavy (non-hydrogen) atoms. The molecule has 0 saturated carbocycles. The van der Waals surface area contributed by atoms with E-state index in [2.05, 4.69) is 5.32 Å². The first-order valence-electron chi connectivity index (χ1n) is 8.46. The number of halogens is 1. The molecule has 1 aromatic rings. The zero-order valence-electron chi connectivity index (χ0n) is 14.8. The van der Waals surface area contributed by atoms with E-state index in [1.807, 2.05) is 0 Å². The quantitative estimate of drug-likeness (QED) is 0.572. The number of likely N-dealkylation sites (tertiary alicyclic amines) is 1. The number of carbonyl (C=O) groups is 2. The summed E-state index contributed by atoms with van der Waals surface area (Å²) >= 11 is 0. The molecule has 1 aliphatic heterocycles. The molecule has 0 aromatic heterocycles. The molecule has 2 rings (SSSR count). The number of piperidine rings is 1. The molecule has 8 nitrogen and oxygen atoms in total. The number of amides is 2. The highest BCUT2D eigenvalue weighted by Gasteiger charge is 2.28. The molecule has 0 bridgehead atoms. The van der Waals surface area contributed by atoms with Crippen LogP contribution in [-0.2, 0) is 4.79 Å². The van der Waals surface area contributed by atoms with Gasteiger partial charge in [0.25, 0.3) is 11.6 Å². The van der Waals surface area contributed by atoms with Crippen LogP contribution in [0.3, 0.4) is 0 Å². The number of nitrogens with zero attached hydrogens (tertiary/aromatic N) is 2. The number of non-ortho nitro benzene ring substituents is 1. The molecule has 0 radical (unpaired) electrons. The number of rotatable bonds is 6. The van der Waals surface area contributed by atoms with Crippen LogP contribution in [-0.4, -0.2) is 47.3 Å². The molecule has 0 aliphatic carbocycles. The third kappa shape index (κ3) is 5.40. The Morgan fingerprint density at radius 2 is 2.12 bits per heavy atom. The Labute approximate surface area is 158 Å². The summed E-state index contributed by atoms with van der Waals surface area (Å²) in [5.41, 5.74) is 6.38. The molecule has 1 saturated heterocycles. The highest BCUT2D eigenvalue weighted by molar-refractivity contribution is 5.96. The van der Waals surface area contributed by atoms with Crippen molar-refractivity contribution < 1.29 is 14.5 Å². The van der Waals surface area contributed by atoms with Crippen molar-refractivity contribution in [2.75, 3.05) is 19.6 Å². The molecule has 1 fully saturated rings. The third-order valence-electron chi connectivity index (χ3n) is 4.45. The predicted molar refractivity (Wildman–Crippen MR) is 100 cm³/mol. The Balaban J connectivity index is 0.00000338.